The van der Waals surface area contributed by atoms with Crippen LogP contribution < -0.4 is 0 Å². The van der Waals surface area contributed by atoms with E-state index in [1.165, 1.54) is 35.3 Å². The molecule has 12 nitrogen and oxygen atoms in total. The summed E-state index contributed by atoms with van der Waals surface area (Å²) in [6, 6.07) is 0. The number of rotatable bonds is 34. The fourth-order valence-corrected chi connectivity index (χ4v) is 8.79. The summed E-state index contributed by atoms with van der Waals surface area (Å²) in [5, 5.41) is 58.6. The smallest absolute Gasteiger partial charge is 0.192 e. The van der Waals surface area contributed by atoms with E-state index in [2.05, 4.69) is 0 Å². The van der Waals surface area contributed by atoms with Crippen molar-refractivity contribution in [3.05, 3.63) is 0 Å². The summed E-state index contributed by atoms with van der Waals surface area (Å²) >= 11 is 3.82. The van der Waals surface area contributed by atoms with Crippen LogP contribution in [-0.4, -0.2) is 173 Å². The average Bonchev–Trinajstić information content (AvgIpc) is 3.02. The van der Waals surface area contributed by atoms with Crippen molar-refractivity contribution >= 4 is 50.6 Å². The van der Waals surface area contributed by atoms with Crippen LogP contribution in [0.1, 0.15) is 106 Å². The number of hydrogen-bond donors (Lipinski definition) is 6. The second kappa shape index (κ2) is 32.8. The van der Waals surface area contributed by atoms with E-state index in [0.29, 0.717) is 75.9 Å². The van der Waals surface area contributed by atoms with Gasteiger partial charge in [-0.05, 0) is 113 Å². The molecule has 0 bridgehead atoms. The number of carbonyl (C=O) groups is 3. The van der Waals surface area contributed by atoms with E-state index in [1.54, 1.807) is 41.5 Å². The maximum Gasteiger partial charge on any atom is 0.192 e. The van der Waals surface area contributed by atoms with Crippen LogP contribution in [0, 0.1) is 5.92 Å². The molecule has 53 heavy (non-hydrogen) atoms. The highest BCUT2D eigenvalue weighted by Gasteiger charge is 2.22. The average molecular weight is 814 g/mol. The van der Waals surface area contributed by atoms with E-state index in [4.69, 9.17) is 0 Å². The molecule has 6 unspecified atom stereocenters. The van der Waals surface area contributed by atoms with Gasteiger partial charge in [0.25, 0.3) is 0 Å². The molecule has 6 N–H and O–H groups in total. The fourth-order valence-electron chi connectivity index (χ4n) is 6.10. The highest BCUT2D eigenvalue weighted by Crippen LogP contribution is 2.26. The maximum atomic E-state index is 13.4. The third kappa shape index (κ3) is 33.5. The Kier molecular flexibility index (Phi) is 32.6. The molecular formula is C38H75N3O9S3. The first-order chi connectivity index (χ1) is 25.0. The number of aliphatic hydroxyl groups is 6. The molecule has 0 aromatic heterocycles. The largest absolute Gasteiger partial charge is 0.392 e. The lowest BCUT2D eigenvalue weighted by Gasteiger charge is -2.25. The minimum absolute atomic E-state index is 0.0121. The lowest BCUT2D eigenvalue weighted by Crippen LogP contribution is -2.37. The summed E-state index contributed by atoms with van der Waals surface area (Å²) in [6.07, 6.45) is 3.37. The number of aliphatic hydroxyl groups excluding tert-OH is 6. The fraction of sp³-hybridized carbons (Fsp3) is 0.921. The van der Waals surface area contributed by atoms with E-state index < -0.39 is 36.6 Å². The van der Waals surface area contributed by atoms with Gasteiger partial charge in [-0.1, -0.05) is 35.3 Å². The molecule has 0 radical (unpaired) electrons. The lowest BCUT2D eigenvalue weighted by molar-refractivity contribution is -0.115. The summed E-state index contributed by atoms with van der Waals surface area (Å²) < 4.78 is 0. The van der Waals surface area contributed by atoms with Crippen LogP contribution in [0.3, 0.4) is 0 Å². The highest BCUT2D eigenvalue weighted by molar-refractivity contribution is 8.14. The number of nitrogens with zero attached hydrogens (tertiary/aromatic N) is 3. The van der Waals surface area contributed by atoms with Crippen molar-refractivity contribution in [2.24, 2.45) is 5.92 Å². The Morgan fingerprint density at radius 1 is 0.434 bits per heavy atom. The van der Waals surface area contributed by atoms with Gasteiger partial charge in [0.2, 0.25) is 0 Å². The Labute approximate surface area is 333 Å². The molecule has 0 aromatic carbocycles. The molecule has 0 saturated heterocycles. The van der Waals surface area contributed by atoms with Gasteiger partial charge >= 0.3 is 0 Å². The van der Waals surface area contributed by atoms with Gasteiger partial charge in [-0.3, -0.25) is 29.1 Å². The van der Waals surface area contributed by atoms with E-state index in [1.807, 2.05) is 14.7 Å². The summed E-state index contributed by atoms with van der Waals surface area (Å²) in [5.74, 6) is 1.56. The molecule has 0 saturated carbocycles. The van der Waals surface area contributed by atoms with Crippen molar-refractivity contribution in [3.8, 4) is 0 Å². The van der Waals surface area contributed by atoms with Crippen LogP contribution in [0.2, 0.25) is 0 Å². The van der Waals surface area contributed by atoms with E-state index >= 15 is 0 Å². The number of carbonyl (C=O) groups excluding carboxylic acids is 3. The van der Waals surface area contributed by atoms with Gasteiger partial charge in [0.15, 0.2) is 15.3 Å². The van der Waals surface area contributed by atoms with Crippen LogP contribution in [0.15, 0.2) is 0 Å². The van der Waals surface area contributed by atoms with Crippen molar-refractivity contribution in [2.45, 2.75) is 142 Å². The molecule has 314 valence electrons. The third-order valence-corrected chi connectivity index (χ3v) is 11.4. The Morgan fingerprint density at radius 3 is 0.962 bits per heavy atom. The summed E-state index contributed by atoms with van der Waals surface area (Å²) in [4.78, 5) is 45.1. The Hall–Kier alpha value is -0.300. The predicted molar refractivity (Wildman–Crippen MR) is 221 cm³/mol. The Balaban J connectivity index is 4.94. The highest BCUT2D eigenvalue weighted by atomic mass is 32.2. The molecule has 0 rings (SSSR count). The predicted octanol–water partition coefficient (Wildman–Crippen LogP) is 3.47. The van der Waals surface area contributed by atoms with Crippen molar-refractivity contribution in [2.75, 3.05) is 76.2 Å². The summed E-state index contributed by atoms with van der Waals surface area (Å²) in [7, 11) is 0. The van der Waals surface area contributed by atoms with Gasteiger partial charge in [-0.2, -0.15) is 0 Å². The van der Waals surface area contributed by atoms with Crippen LogP contribution in [-0.2, 0) is 14.4 Å². The van der Waals surface area contributed by atoms with Crippen molar-refractivity contribution < 1.29 is 45.0 Å². The standard InChI is InChI=1S/C38H75N3O9S3/c1-29(42)23-39(24-30(2)43)17-7-10-20-51-36(48)15-13-35(38(50)53-22-12-9-19-41(27-33(5)46)28-34(6)47)14-16-37(49)52-21-11-8-18-40(25-31(3)44)26-32(4)45/h29-35,42-47H,7-28H2,1-6H3. The zero-order valence-electron chi connectivity index (χ0n) is 33.6. The minimum Gasteiger partial charge on any atom is -0.392 e. The van der Waals surface area contributed by atoms with Crippen molar-refractivity contribution in [3.63, 3.8) is 0 Å². The van der Waals surface area contributed by atoms with Crippen LogP contribution in [0.4, 0.5) is 0 Å². The van der Waals surface area contributed by atoms with Gasteiger partial charge in [0, 0.05) is 75.3 Å². The number of unbranched alkanes of at least 4 members (excludes halogenated alkanes) is 3. The van der Waals surface area contributed by atoms with Gasteiger partial charge in [-0.15, -0.1) is 0 Å². The van der Waals surface area contributed by atoms with E-state index in [0.717, 1.165) is 51.6 Å². The first-order valence-electron chi connectivity index (χ1n) is 19.7. The van der Waals surface area contributed by atoms with Gasteiger partial charge < -0.3 is 30.6 Å². The summed E-state index contributed by atoms with van der Waals surface area (Å²) in [6.45, 7) is 15.4. The van der Waals surface area contributed by atoms with Crippen LogP contribution in [0.25, 0.3) is 0 Å². The Morgan fingerprint density at radius 2 is 0.698 bits per heavy atom. The zero-order chi connectivity index (χ0) is 40.2. The zero-order valence-corrected chi connectivity index (χ0v) is 36.0. The minimum atomic E-state index is -0.494. The monoisotopic (exact) mass is 813 g/mol. The number of hydrogen-bond acceptors (Lipinski definition) is 15. The number of thioether (sulfide) groups is 3. The molecule has 0 aromatic rings. The molecule has 0 heterocycles. The van der Waals surface area contributed by atoms with Gasteiger partial charge in [-0.25, -0.2) is 0 Å². The quantitative estimate of drug-likeness (QED) is 0.0520. The summed E-state index contributed by atoms with van der Waals surface area (Å²) in [5.41, 5.74) is 0. The first-order valence-corrected chi connectivity index (χ1v) is 22.7. The molecule has 0 amide bonds. The van der Waals surface area contributed by atoms with Crippen molar-refractivity contribution in [1.29, 1.82) is 0 Å². The maximum absolute atomic E-state index is 13.4. The Bertz CT molecular complexity index is 866. The van der Waals surface area contributed by atoms with E-state index in [9.17, 15) is 45.0 Å². The van der Waals surface area contributed by atoms with Gasteiger partial charge in [0.05, 0.1) is 36.6 Å². The molecule has 0 fully saturated rings. The molecule has 0 aliphatic heterocycles. The second-order valence-electron chi connectivity index (χ2n) is 14.9. The molecule has 0 aliphatic rings. The molecule has 0 aliphatic carbocycles. The molecular weight excluding hydrogens is 739 g/mol. The van der Waals surface area contributed by atoms with Crippen LogP contribution >= 0.6 is 35.3 Å². The molecule has 15 heteroatoms. The lowest BCUT2D eigenvalue weighted by atomic mass is 9.99. The van der Waals surface area contributed by atoms with Crippen LogP contribution in [0.5, 0.6) is 0 Å². The molecule has 6 atom stereocenters. The third-order valence-electron chi connectivity index (χ3n) is 8.24. The van der Waals surface area contributed by atoms with Crippen molar-refractivity contribution in [1.82, 2.24) is 14.7 Å². The van der Waals surface area contributed by atoms with E-state index in [-0.39, 0.29) is 34.1 Å². The van der Waals surface area contributed by atoms with Gasteiger partial charge in [0.1, 0.15) is 0 Å². The SMILES string of the molecule is CC(O)CN(CCCCSC(=O)CCC(CCC(=O)SCCCCN(CC(C)O)CC(C)O)C(=O)SCCCCN(CC(C)O)CC(C)O)CC(C)O. The normalized spacial score (nSPS) is 16.1. The second-order valence-corrected chi connectivity index (χ2v) is 18.3. The topological polar surface area (TPSA) is 182 Å². The molecule has 0 spiro atoms. The first kappa shape index (κ1) is 52.7.